The fourth-order valence-electron chi connectivity index (χ4n) is 2.35. The van der Waals surface area contributed by atoms with E-state index in [-0.39, 0.29) is 23.4 Å². The lowest BCUT2D eigenvalue weighted by Crippen LogP contribution is -2.38. The van der Waals surface area contributed by atoms with E-state index in [4.69, 9.17) is 5.11 Å². The fourth-order valence-corrected chi connectivity index (χ4v) is 2.35. The van der Waals surface area contributed by atoms with Crippen LogP contribution in [0.1, 0.15) is 43.6 Å². The van der Waals surface area contributed by atoms with Crippen LogP contribution in [0.5, 0.6) is 0 Å². The predicted molar refractivity (Wildman–Crippen MR) is 76.9 cm³/mol. The number of amides is 1. The molecule has 0 aliphatic heterocycles. The maximum atomic E-state index is 12.2. The number of aryl methyl sites for hydroxylation is 1. The van der Waals surface area contributed by atoms with Crippen LogP contribution in [0.4, 0.5) is 5.69 Å². The van der Waals surface area contributed by atoms with Gasteiger partial charge in [-0.15, -0.1) is 0 Å². The molecule has 0 radical (unpaired) electrons. The Kier molecular flexibility index (Phi) is 5.83. The van der Waals surface area contributed by atoms with Gasteiger partial charge in [-0.25, -0.2) is 0 Å². The number of nitrogens with zero attached hydrogens (tertiary/aromatic N) is 3. The van der Waals surface area contributed by atoms with Gasteiger partial charge in [-0.1, -0.05) is 13.8 Å². The van der Waals surface area contributed by atoms with Crippen molar-refractivity contribution in [2.75, 3.05) is 13.2 Å². The van der Waals surface area contributed by atoms with E-state index in [1.54, 1.807) is 0 Å². The highest BCUT2D eigenvalue weighted by Gasteiger charge is 2.29. The third-order valence-electron chi connectivity index (χ3n) is 4.10. The van der Waals surface area contributed by atoms with E-state index < -0.39 is 10.8 Å². The van der Waals surface area contributed by atoms with Gasteiger partial charge in [-0.05, 0) is 24.7 Å². The van der Waals surface area contributed by atoms with Gasteiger partial charge in [-0.2, -0.15) is 5.10 Å². The number of rotatable bonds is 8. The van der Waals surface area contributed by atoms with Crippen molar-refractivity contribution in [1.29, 1.82) is 0 Å². The lowest BCUT2D eigenvalue weighted by atomic mass is 9.79. The van der Waals surface area contributed by atoms with E-state index in [2.05, 4.69) is 10.4 Å². The number of hydrogen-bond donors (Lipinski definition) is 2. The molecule has 0 aliphatic rings. The van der Waals surface area contributed by atoms with Crippen molar-refractivity contribution in [3.05, 3.63) is 22.0 Å². The number of carbonyl (C=O) groups is 1. The number of nitrogens with one attached hydrogen (secondary N) is 1. The van der Waals surface area contributed by atoms with Crippen LogP contribution in [0.3, 0.4) is 0 Å². The zero-order chi connectivity index (χ0) is 16.0. The zero-order valence-corrected chi connectivity index (χ0v) is 12.6. The van der Waals surface area contributed by atoms with E-state index in [1.165, 1.54) is 11.7 Å². The Morgan fingerprint density at radius 2 is 2.14 bits per heavy atom. The molecule has 0 bridgehead atoms. The highest BCUT2D eigenvalue weighted by atomic mass is 16.6. The lowest BCUT2D eigenvalue weighted by molar-refractivity contribution is -0.385. The number of aromatic nitrogens is 2. The summed E-state index contributed by atoms with van der Waals surface area (Å²) in [6, 6.07) is 0. The molecule has 0 fully saturated rings. The van der Waals surface area contributed by atoms with Crippen molar-refractivity contribution in [2.45, 2.75) is 33.1 Å². The Balaban J connectivity index is 2.87. The van der Waals surface area contributed by atoms with Gasteiger partial charge in [0.25, 0.3) is 5.91 Å². The monoisotopic (exact) mass is 298 g/mol. The summed E-state index contributed by atoms with van der Waals surface area (Å²) in [7, 11) is 1.49. The Morgan fingerprint density at radius 1 is 1.52 bits per heavy atom. The van der Waals surface area contributed by atoms with Gasteiger partial charge in [0, 0.05) is 20.2 Å². The summed E-state index contributed by atoms with van der Waals surface area (Å²) >= 11 is 0. The highest BCUT2D eigenvalue weighted by molar-refractivity contribution is 5.96. The molecule has 2 N–H and O–H groups in total. The summed E-state index contributed by atoms with van der Waals surface area (Å²) in [6.45, 7) is 4.40. The first-order chi connectivity index (χ1) is 9.90. The van der Waals surface area contributed by atoms with Crippen LogP contribution in [0.25, 0.3) is 0 Å². The fraction of sp³-hybridized carbons (Fsp3) is 0.692. The minimum Gasteiger partial charge on any atom is -0.396 e. The minimum absolute atomic E-state index is 0.0450. The van der Waals surface area contributed by atoms with E-state index >= 15 is 0 Å². The molecule has 0 atom stereocenters. The molecule has 0 saturated heterocycles. The summed E-state index contributed by atoms with van der Waals surface area (Å²) in [5.74, 6) is -0.522. The maximum absolute atomic E-state index is 12.2. The standard InChI is InChI=1S/C13H22N4O4/c1-4-13(5-2,6-7-18)9-14-12(19)11-10(17(20)21)8-15-16(11)3/h8,18H,4-7,9H2,1-3H3,(H,14,19). The number of hydrogen-bond acceptors (Lipinski definition) is 5. The van der Waals surface area contributed by atoms with Crippen LogP contribution in [0, 0.1) is 15.5 Å². The van der Waals surface area contributed by atoms with Gasteiger partial charge >= 0.3 is 5.69 Å². The summed E-state index contributed by atoms with van der Waals surface area (Å²) in [4.78, 5) is 22.5. The normalized spacial score (nSPS) is 11.4. The van der Waals surface area contributed by atoms with Gasteiger partial charge in [0.05, 0.1) is 4.92 Å². The second-order valence-corrected chi connectivity index (χ2v) is 5.12. The molecule has 8 nitrogen and oxygen atoms in total. The highest BCUT2D eigenvalue weighted by Crippen LogP contribution is 2.29. The molecule has 0 spiro atoms. The van der Waals surface area contributed by atoms with Crippen molar-refractivity contribution < 1.29 is 14.8 Å². The molecule has 1 heterocycles. The summed E-state index contributed by atoms with van der Waals surface area (Å²) < 4.78 is 1.19. The second-order valence-electron chi connectivity index (χ2n) is 5.12. The van der Waals surface area contributed by atoms with Crippen molar-refractivity contribution in [3.63, 3.8) is 0 Å². The Labute approximate surface area is 123 Å². The van der Waals surface area contributed by atoms with Gasteiger partial charge < -0.3 is 10.4 Å². The van der Waals surface area contributed by atoms with Crippen LogP contribution in [0.2, 0.25) is 0 Å². The molecule has 1 aromatic heterocycles. The molecule has 0 aliphatic carbocycles. The van der Waals surface area contributed by atoms with Crippen molar-refractivity contribution in [1.82, 2.24) is 15.1 Å². The van der Waals surface area contributed by atoms with Crippen molar-refractivity contribution in [3.8, 4) is 0 Å². The van der Waals surface area contributed by atoms with E-state index in [1.807, 2.05) is 13.8 Å². The van der Waals surface area contributed by atoms with Gasteiger partial charge in [0.2, 0.25) is 5.69 Å². The molecule has 1 rings (SSSR count). The summed E-state index contributed by atoms with van der Waals surface area (Å²) in [6.07, 6.45) is 3.25. The number of carbonyl (C=O) groups excluding carboxylic acids is 1. The predicted octanol–water partition coefficient (Wildman–Crippen LogP) is 1.25. The number of aliphatic hydroxyl groups is 1. The first-order valence-electron chi connectivity index (χ1n) is 6.96. The second kappa shape index (κ2) is 7.16. The smallest absolute Gasteiger partial charge is 0.320 e. The zero-order valence-electron chi connectivity index (χ0n) is 12.6. The van der Waals surface area contributed by atoms with E-state index in [0.717, 1.165) is 19.0 Å². The molecular formula is C13H22N4O4. The van der Waals surface area contributed by atoms with Crippen LogP contribution in [-0.2, 0) is 7.05 Å². The molecule has 1 aromatic rings. The maximum Gasteiger partial charge on any atom is 0.320 e. The molecule has 0 unspecified atom stereocenters. The van der Waals surface area contributed by atoms with Crippen LogP contribution in [-0.4, -0.2) is 38.9 Å². The molecule has 8 heteroatoms. The molecule has 0 saturated carbocycles. The Hall–Kier alpha value is -1.96. The Morgan fingerprint density at radius 3 is 2.62 bits per heavy atom. The van der Waals surface area contributed by atoms with Gasteiger partial charge in [0.1, 0.15) is 6.20 Å². The summed E-state index contributed by atoms with van der Waals surface area (Å²) in [5, 5.41) is 26.5. The van der Waals surface area contributed by atoms with Crippen LogP contribution in [0.15, 0.2) is 6.20 Å². The van der Waals surface area contributed by atoms with E-state index in [0.29, 0.717) is 13.0 Å². The van der Waals surface area contributed by atoms with Gasteiger partial charge in [-0.3, -0.25) is 19.6 Å². The number of nitro groups is 1. The third kappa shape index (κ3) is 3.78. The molecule has 21 heavy (non-hydrogen) atoms. The third-order valence-corrected chi connectivity index (χ3v) is 4.10. The minimum atomic E-state index is -0.622. The quantitative estimate of drug-likeness (QED) is 0.554. The lowest BCUT2D eigenvalue weighted by Gasteiger charge is -2.31. The summed E-state index contributed by atoms with van der Waals surface area (Å²) in [5.41, 5.74) is -0.571. The topological polar surface area (TPSA) is 110 Å². The number of aliphatic hydroxyl groups excluding tert-OH is 1. The van der Waals surface area contributed by atoms with Crippen molar-refractivity contribution in [2.24, 2.45) is 12.5 Å². The first kappa shape index (κ1) is 17.1. The Bertz CT molecular complexity index is 508. The van der Waals surface area contributed by atoms with Crippen LogP contribution >= 0.6 is 0 Å². The average molecular weight is 298 g/mol. The largest absolute Gasteiger partial charge is 0.396 e. The molecule has 1 amide bonds. The van der Waals surface area contributed by atoms with E-state index in [9.17, 15) is 14.9 Å². The molecule has 0 aromatic carbocycles. The SMILES string of the molecule is CCC(CC)(CCO)CNC(=O)c1c([N+](=O)[O-])cnn1C. The van der Waals surface area contributed by atoms with Crippen LogP contribution < -0.4 is 5.32 Å². The average Bonchev–Trinajstić information content (AvgIpc) is 2.85. The van der Waals surface area contributed by atoms with Crippen molar-refractivity contribution >= 4 is 11.6 Å². The molecule has 118 valence electrons. The van der Waals surface area contributed by atoms with Gasteiger partial charge in [0.15, 0.2) is 0 Å². The first-order valence-corrected chi connectivity index (χ1v) is 6.96. The molecular weight excluding hydrogens is 276 g/mol.